The molecular weight excluding hydrogens is 158 g/mol. The molecule has 0 unspecified atom stereocenters. The molecule has 0 saturated carbocycles. The number of nitrogen functional groups attached to an aromatic ring is 1. The lowest BCUT2D eigenvalue weighted by Gasteiger charge is -2.09. The Labute approximate surface area is 69.6 Å². The molecule has 0 spiro atoms. The third-order valence-electron chi connectivity index (χ3n) is 1.44. The van der Waals surface area contributed by atoms with Gasteiger partial charge in [-0.25, -0.2) is 0 Å². The second kappa shape index (κ2) is 3.13. The summed E-state index contributed by atoms with van der Waals surface area (Å²) in [4.78, 5) is 10.5. The Bertz CT molecular complexity index is 309. The second-order valence-corrected chi connectivity index (χ2v) is 2.25. The molecule has 0 aliphatic rings. The fourth-order valence-electron chi connectivity index (χ4n) is 0.885. The number of benzene rings is 1. The minimum absolute atomic E-state index is 0.0301. The number of hydrogen-bond donors (Lipinski definition) is 1. The van der Waals surface area contributed by atoms with Crippen LogP contribution in [-0.2, 0) is 0 Å². The molecule has 0 amide bonds. The number of methoxy groups -OCH3 is 1. The SMILES string of the molecule is COc1ccc(N)cc1C(=O)[O-]. The highest BCUT2D eigenvalue weighted by Crippen LogP contribution is 2.19. The molecule has 0 aliphatic carbocycles. The Morgan fingerprint density at radius 3 is 2.75 bits per heavy atom. The van der Waals surface area contributed by atoms with Gasteiger partial charge in [-0.15, -0.1) is 0 Å². The quantitative estimate of drug-likeness (QED) is 0.609. The number of carboxylic acids is 1. The van der Waals surface area contributed by atoms with Crippen LogP contribution in [0.5, 0.6) is 5.75 Å². The molecule has 2 N–H and O–H groups in total. The molecule has 0 radical (unpaired) electrons. The van der Waals surface area contributed by atoms with Crippen molar-refractivity contribution in [3.05, 3.63) is 23.8 Å². The maximum Gasteiger partial charge on any atom is 0.128 e. The number of hydrogen-bond acceptors (Lipinski definition) is 4. The molecular formula is C8H8NO3-. The van der Waals surface area contributed by atoms with Crippen LogP contribution in [0.25, 0.3) is 0 Å². The van der Waals surface area contributed by atoms with Gasteiger partial charge in [0.05, 0.1) is 13.1 Å². The monoisotopic (exact) mass is 166 g/mol. The van der Waals surface area contributed by atoms with Crippen molar-refractivity contribution in [2.45, 2.75) is 0 Å². The summed E-state index contributed by atoms with van der Waals surface area (Å²) in [6.45, 7) is 0. The molecule has 1 rings (SSSR count). The Balaban J connectivity index is 3.21. The summed E-state index contributed by atoms with van der Waals surface area (Å²) < 4.78 is 4.79. The number of ether oxygens (including phenoxy) is 1. The summed E-state index contributed by atoms with van der Waals surface area (Å²) in [5, 5.41) is 10.5. The molecule has 4 nitrogen and oxygen atoms in total. The number of rotatable bonds is 2. The standard InChI is InChI=1S/C8H9NO3/c1-12-7-3-2-5(9)4-6(7)8(10)11/h2-4H,9H2,1H3,(H,10,11)/p-1. The Morgan fingerprint density at radius 1 is 1.58 bits per heavy atom. The number of anilines is 1. The first kappa shape index (κ1) is 8.39. The first-order chi connectivity index (χ1) is 5.65. The van der Waals surface area contributed by atoms with Crippen LogP contribution in [0.3, 0.4) is 0 Å². The first-order valence-electron chi connectivity index (χ1n) is 3.30. The predicted molar refractivity (Wildman–Crippen MR) is 41.7 cm³/mol. The molecule has 1 aromatic carbocycles. The largest absolute Gasteiger partial charge is 0.545 e. The van der Waals surface area contributed by atoms with Crippen LogP contribution in [0.15, 0.2) is 18.2 Å². The molecule has 1 aromatic rings. The normalized spacial score (nSPS) is 9.42. The van der Waals surface area contributed by atoms with E-state index < -0.39 is 5.97 Å². The number of aromatic carboxylic acids is 1. The van der Waals surface area contributed by atoms with Crippen LogP contribution >= 0.6 is 0 Å². The van der Waals surface area contributed by atoms with Crippen molar-refractivity contribution < 1.29 is 14.6 Å². The van der Waals surface area contributed by atoms with Gasteiger partial charge in [-0.3, -0.25) is 0 Å². The zero-order valence-corrected chi connectivity index (χ0v) is 6.53. The highest BCUT2D eigenvalue weighted by molar-refractivity contribution is 5.90. The predicted octanol–water partition coefficient (Wildman–Crippen LogP) is -0.359. The van der Waals surface area contributed by atoms with Gasteiger partial charge in [-0.05, 0) is 18.2 Å². The van der Waals surface area contributed by atoms with E-state index in [9.17, 15) is 9.90 Å². The van der Waals surface area contributed by atoms with E-state index in [-0.39, 0.29) is 11.3 Å². The Kier molecular flexibility index (Phi) is 2.19. The van der Waals surface area contributed by atoms with Gasteiger partial charge in [0.2, 0.25) is 0 Å². The Morgan fingerprint density at radius 2 is 2.25 bits per heavy atom. The zero-order valence-electron chi connectivity index (χ0n) is 6.53. The van der Waals surface area contributed by atoms with Crippen LogP contribution in [0.2, 0.25) is 0 Å². The number of carbonyl (C=O) groups is 1. The molecule has 0 saturated heterocycles. The summed E-state index contributed by atoms with van der Waals surface area (Å²) in [5.74, 6) is -1.04. The van der Waals surface area contributed by atoms with Gasteiger partial charge in [0.25, 0.3) is 0 Å². The van der Waals surface area contributed by atoms with Gasteiger partial charge >= 0.3 is 0 Å². The molecule has 64 valence electrons. The molecule has 0 fully saturated rings. The molecule has 0 heterocycles. The summed E-state index contributed by atoms with van der Waals surface area (Å²) in [5.41, 5.74) is 5.71. The summed E-state index contributed by atoms with van der Waals surface area (Å²) in [6.07, 6.45) is 0. The first-order valence-corrected chi connectivity index (χ1v) is 3.30. The summed E-state index contributed by atoms with van der Waals surface area (Å²) in [7, 11) is 1.39. The third-order valence-corrected chi connectivity index (χ3v) is 1.44. The van der Waals surface area contributed by atoms with E-state index in [4.69, 9.17) is 10.5 Å². The molecule has 12 heavy (non-hydrogen) atoms. The maximum absolute atomic E-state index is 10.5. The van der Waals surface area contributed by atoms with Crippen LogP contribution in [-0.4, -0.2) is 13.1 Å². The lowest BCUT2D eigenvalue weighted by molar-refractivity contribution is -0.255. The van der Waals surface area contributed by atoms with E-state index in [0.29, 0.717) is 5.69 Å². The smallest absolute Gasteiger partial charge is 0.128 e. The van der Waals surface area contributed by atoms with Crippen molar-refractivity contribution in [2.24, 2.45) is 0 Å². The van der Waals surface area contributed by atoms with E-state index >= 15 is 0 Å². The van der Waals surface area contributed by atoms with Crippen molar-refractivity contribution >= 4 is 11.7 Å². The lowest BCUT2D eigenvalue weighted by atomic mass is 10.2. The van der Waals surface area contributed by atoms with Crippen LogP contribution in [0.1, 0.15) is 10.4 Å². The zero-order chi connectivity index (χ0) is 9.14. The molecule has 0 aliphatic heterocycles. The molecule has 0 atom stereocenters. The van der Waals surface area contributed by atoms with E-state index in [1.807, 2.05) is 0 Å². The van der Waals surface area contributed by atoms with Gasteiger partial charge in [0.1, 0.15) is 5.75 Å². The minimum atomic E-state index is -1.29. The average Bonchev–Trinajstić information content (AvgIpc) is 2.04. The number of nitrogens with two attached hydrogens (primary N) is 1. The van der Waals surface area contributed by atoms with E-state index in [1.54, 1.807) is 6.07 Å². The fraction of sp³-hybridized carbons (Fsp3) is 0.125. The van der Waals surface area contributed by atoms with Crippen molar-refractivity contribution in [2.75, 3.05) is 12.8 Å². The average molecular weight is 166 g/mol. The highest BCUT2D eigenvalue weighted by atomic mass is 16.5. The van der Waals surface area contributed by atoms with Crippen LogP contribution in [0, 0.1) is 0 Å². The second-order valence-electron chi connectivity index (χ2n) is 2.25. The van der Waals surface area contributed by atoms with Crippen molar-refractivity contribution in [3.8, 4) is 5.75 Å². The van der Waals surface area contributed by atoms with Gasteiger partial charge in [0.15, 0.2) is 0 Å². The van der Waals surface area contributed by atoms with Crippen molar-refractivity contribution in [1.82, 2.24) is 0 Å². The summed E-state index contributed by atoms with van der Waals surface area (Å²) >= 11 is 0. The number of carbonyl (C=O) groups excluding carboxylic acids is 1. The van der Waals surface area contributed by atoms with Gasteiger partial charge in [-0.2, -0.15) is 0 Å². The van der Waals surface area contributed by atoms with E-state index in [1.165, 1.54) is 19.2 Å². The molecule has 4 heteroatoms. The van der Waals surface area contributed by atoms with Gasteiger partial charge < -0.3 is 20.4 Å². The maximum atomic E-state index is 10.5. The highest BCUT2D eigenvalue weighted by Gasteiger charge is 2.02. The summed E-state index contributed by atoms with van der Waals surface area (Å²) in [6, 6.07) is 4.35. The fourth-order valence-corrected chi connectivity index (χ4v) is 0.885. The molecule has 0 aromatic heterocycles. The van der Waals surface area contributed by atoms with Crippen LogP contribution in [0.4, 0.5) is 5.69 Å². The van der Waals surface area contributed by atoms with Crippen LogP contribution < -0.4 is 15.6 Å². The number of carboxylic acid groups (broad SMARTS) is 1. The topological polar surface area (TPSA) is 75.4 Å². The van der Waals surface area contributed by atoms with Crippen molar-refractivity contribution in [1.29, 1.82) is 0 Å². The van der Waals surface area contributed by atoms with Gasteiger partial charge in [-0.1, -0.05) is 0 Å². The van der Waals surface area contributed by atoms with Crippen molar-refractivity contribution in [3.63, 3.8) is 0 Å². The third kappa shape index (κ3) is 1.47. The minimum Gasteiger partial charge on any atom is -0.545 e. The van der Waals surface area contributed by atoms with E-state index in [0.717, 1.165) is 0 Å². The van der Waals surface area contributed by atoms with Gasteiger partial charge in [0, 0.05) is 11.3 Å². The molecule has 0 bridgehead atoms. The lowest BCUT2D eigenvalue weighted by Crippen LogP contribution is -2.23. The van der Waals surface area contributed by atoms with E-state index in [2.05, 4.69) is 0 Å². The Hall–Kier alpha value is -1.71.